The van der Waals surface area contributed by atoms with Crippen LogP contribution in [0, 0.1) is 13.8 Å². The fourth-order valence-electron chi connectivity index (χ4n) is 2.54. The van der Waals surface area contributed by atoms with Crippen molar-refractivity contribution in [2.45, 2.75) is 25.9 Å². The molecule has 0 aliphatic carbocycles. The van der Waals surface area contributed by atoms with Crippen LogP contribution in [0.15, 0.2) is 41.6 Å². The monoisotopic (exact) mass is 420 g/mol. The molecule has 1 aromatic heterocycles. The number of ether oxygens (including phenoxy) is 1. The lowest BCUT2D eigenvalue weighted by Crippen LogP contribution is -2.05. The molecule has 0 fully saturated rings. The maximum Gasteiger partial charge on any atom is 0.173 e. The van der Waals surface area contributed by atoms with Gasteiger partial charge in [0, 0.05) is 11.6 Å². The average Bonchev–Trinajstić information content (AvgIpc) is 2.97. The molecule has 0 spiro atoms. The number of thioether (sulfide) groups is 1. The zero-order valence-electron chi connectivity index (χ0n) is 14.5. The molecule has 0 aliphatic heterocycles. The number of hydrogen-bond acceptors (Lipinski definition) is 4. The van der Waals surface area contributed by atoms with Gasteiger partial charge >= 0.3 is 0 Å². The number of fused-ring (bicyclic) bond motifs is 1. The number of rotatable bonds is 6. The van der Waals surface area contributed by atoms with Crippen LogP contribution in [0.2, 0.25) is 0 Å². The molecule has 1 N–H and O–H groups in total. The largest absolute Gasteiger partial charge is 0.494 e. The Morgan fingerprint density at radius 2 is 2.00 bits per heavy atom. The fourth-order valence-corrected chi connectivity index (χ4v) is 3.31. The summed E-state index contributed by atoms with van der Waals surface area (Å²) in [5, 5.41) is 0.748. The van der Waals surface area contributed by atoms with Crippen molar-refractivity contribution in [1.29, 1.82) is 0 Å². The molecule has 1 heterocycles. The van der Waals surface area contributed by atoms with Gasteiger partial charge in [0.05, 0.1) is 23.4 Å². The number of hydrogen-bond donors (Lipinski definition) is 1. The van der Waals surface area contributed by atoms with Crippen LogP contribution in [0.25, 0.3) is 11.0 Å². The average molecular weight is 421 g/mol. The van der Waals surface area contributed by atoms with E-state index in [-0.39, 0.29) is 22.8 Å². The normalized spacial score (nSPS) is 10.5. The molecule has 132 valence electrons. The first-order valence-corrected chi connectivity index (χ1v) is 8.91. The highest BCUT2D eigenvalue weighted by Gasteiger charge is 2.12. The van der Waals surface area contributed by atoms with Crippen LogP contribution in [0.3, 0.4) is 0 Å². The van der Waals surface area contributed by atoms with Crippen LogP contribution < -0.4 is 4.74 Å². The fraction of sp³-hybridized carbons (Fsp3) is 0.263. The molecule has 3 aromatic rings. The SMILES string of the molecule is Br.CCOc1ccc2nc(SCC(=O)c3cc(C)ccc3C)[nH]c2c1. The van der Waals surface area contributed by atoms with Gasteiger partial charge in [-0.1, -0.05) is 29.5 Å². The summed E-state index contributed by atoms with van der Waals surface area (Å²) in [4.78, 5) is 20.2. The molecule has 0 saturated carbocycles. The summed E-state index contributed by atoms with van der Waals surface area (Å²) < 4.78 is 5.49. The molecule has 0 bridgehead atoms. The van der Waals surface area contributed by atoms with Crippen LogP contribution in [-0.4, -0.2) is 28.1 Å². The number of nitrogens with zero attached hydrogens (tertiary/aromatic N) is 1. The summed E-state index contributed by atoms with van der Waals surface area (Å²) in [6, 6.07) is 11.7. The van der Waals surface area contributed by atoms with E-state index < -0.39 is 0 Å². The standard InChI is InChI=1S/C19H20N2O2S.BrH/c1-4-23-14-7-8-16-17(10-14)21-19(20-16)24-11-18(22)15-9-12(2)5-6-13(15)3;/h5-10H,4,11H2,1-3H3,(H,20,21);1H. The summed E-state index contributed by atoms with van der Waals surface area (Å²) in [5.74, 6) is 1.30. The smallest absolute Gasteiger partial charge is 0.173 e. The van der Waals surface area contributed by atoms with Crippen molar-refractivity contribution >= 4 is 45.6 Å². The number of aromatic amines is 1. The molecule has 0 amide bonds. The van der Waals surface area contributed by atoms with E-state index in [1.165, 1.54) is 11.8 Å². The maximum atomic E-state index is 12.5. The van der Waals surface area contributed by atoms with Crippen LogP contribution in [0.1, 0.15) is 28.4 Å². The molecule has 25 heavy (non-hydrogen) atoms. The number of benzene rings is 2. The van der Waals surface area contributed by atoms with E-state index in [1.807, 2.05) is 57.2 Å². The summed E-state index contributed by atoms with van der Waals surface area (Å²) in [7, 11) is 0. The molecule has 3 rings (SSSR count). The van der Waals surface area contributed by atoms with Gasteiger partial charge in [-0.2, -0.15) is 0 Å². The Morgan fingerprint density at radius 3 is 2.76 bits per heavy atom. The minimum absolute atomic E-state index is 0. The Balaban J connectivity index is 0.00000225. The second-order valence-electron chi connectivity index (χ2n) is 5.68. The van der Waals surface area contributed by atoms with Gasteiger partial charge in [0.1, 0.15) is 5.75 Å². The molecule has 6 heteroatoms. The number of aryl methyl sites for hydroxylation is 2. The number of carbonyl (C=O) groups excluding carboxylic acids is 1. The predicted octanol–water partition coefficient (Wildman–Crippen LogP) is 5.13. The third-order valence-corrected chi connectivity index (χ3v) is 4.65. The van der Waals surface area contributed by atoms with Gasteiger partial charge in [-0.3, -0.25) is 4.79 Å². The van der Waals surface area contributed by atoms with Crippen LogP contribution in [-0.2, 0) is 0 Å². The molecule has 0 atom stereocenters. The van der Waals surface area contributed by atoms with Crippen molar-refractivity contribution in [1.82, 2.24) is 9.97 Å². The Morgan fingerprint density at radius 1 is 1.20 bits per heavy atom. The number of ketones is 1. The highest BCUT2D eigenvalue weighted by Crippen LogP contribution is 2.24. The minimum atomic E-state index is 0. The van der Waals surface area contributed by atoms with Crippen molar-refractivity contribution < 1.29 is 9.53 Å². The van der Waals surface area contributed by atoms with E-state index in [1.54, 1.807) is 0 Å². The first-order chi connectivity index (χ1) is 11.6. The molecule has 0 saturated heterocycles. The second-order valence-corrected chi connectivity index (χ2v) is 6.65. The second kappa shape index (κ2) is 8.54. The molecular weight excluding hydrogens is 400 g/mol. The zero-order chi connectivity index (χ0) is 17.1. The van der Waals surface area contributed by atoms with E-state index in [4.69, 9.17) is 4.74 Å². The lowest BCUT2D eigenvalue weighted by Gasteiger charge is -2.05. The first-order valence-electron chi connectivity index (χ1n) is 7.92. The Kier molecular flexibility index (Phi) is 6.67. The third-order valence-electron chi connectivity index (χ3n) is 3.78. The zero-order valence-corrected chi connectivity index (χ0v) is 17.0. The van der Waals surface area contributed by atoms with Crippen molar-refractivity contribution in [2.24, 2.45) is 0 Å². The number of H-pyrrole nitrogens is 1. The molecule has 2 aromatic carbocycles. The van der Waals surface area contributed by atoms with E-state index in [0.717, 1.165) is 38.6 Å². The highest BCUT2D eigenvalue weighted by molar-refractivity contribution is 8.93. The van der Waals surface area contributed by atoms with Gasteiger partial charge in [-0.25, -0.2) is 4.98 Å². The van der Waals surface area contributed by atoms with Crippen LogP contribution >= 0.6 is 28.7 Å². The van der Waals surface area contributed by atoms with E-state index in [9.17, 15) is 4.79 Å². The van der Waals surface area contributed by atoms with Crippen molar-refractivity contribution in [3.05, 3.63) is 53.1 Å². The quantitative estimate of drug-likeness (QED) is 0.443. The summed E-state index contributed by atoms with van der Waals surface area (Å²) in [6.45, 7) is 6.55. The highest BCUT2D eigenvalue weighted by atomic mass is 79.9. The number of Topliss-reactive ketones (excluding diaryl/α,β-unsaturated/α-hetero) is 1. The van der Waals surface area contributed by atoms with Gasteiger partial charge in [0.15, 0.2) is 10.9 Å². The molecule has 0 aliphatic rings. The lowest BCUT2D eigenvalue weighted by molar-refractivity contribution is 0.102. The first kappa shape index (κ1) is 19.5. The summed E-state index contributed by atoms with van der Waals surface area (Å²) >= 11 is 1.43. The van der Waals surface area contributed by atoms with Gasteiger partial charge in [0.2, 0.25) is 0 Å². The van der Waals surface area contributed by atoms with Crippen molar-refractivity contribution in [3.8, 4) is 5.75 Å². The number of nitrogens with one attached hydrogen (secondary N) is 1. The molecule has 4 nitrogen and oxygen atoms in total. The van der Waals surface area contributed by atoms with E-state index in [0.29, 0.717) is 12.4 Å². The third kappa shape index (κ3) is 4.64. The number of aromatic nitrogens is 2. The Bertz CT molecular complexity index is 892. The van der Waals surface area contributed by atoms with Gasteiger partial charge in [0.25, 0.3) is 0 Å². The number of carbonyl (C=O) groups is 1. The topological polar surface area (TPSA) is 55.0 Å². The van der Waals surface area contributed by atoms with E-state index >= 15 is 0 Å². The summed E-state index contributed by atoms with van der Waals surface area (Å²) in [5.41, 5.74) is 4.69. The van der Waals surface area contributed by atoms with Crippen molar-refractivity contribution in [3.63, 3.8) is 0 Å². The van der Waals surface area contributed by atoms with Gasteiger partial charge < -0.3 is 9.72 Å². The molecule has 0 radical (unpaired) electrons. The van der Waals surface area contributed by atoms with Gasteiger partial charge in [-0.15, -0.1) is 17.0 Å². The van der Waals surface area contributed by atoms with Crippen LogP contribution in [0.4, 0.5) is 0 Å². The van der Waals surface area contributed by atoms with Crippen molar-refractivity contribution in [2.75, 3.05) is 12.4 Å². The molecular formula is C19H21BrN2O2S. The Labute approximate surface area is 162 Å². The van der Waals surface area contributed by atoms with Crippen LogP contribution in [0.5, 0.6) is 5.75 Å². The lowest BCUT2D eigenvalue weighted by atomic mass is 10.0. The number of imidazole rings is 1. The minimum Gasteiger partial charge on any atom is -0.494 e. The Hall–Kier alpha value is -1.79. The molecule has 0 unspecified atom stereocenters. The summed E-state index contributed by atoms with van der Waals surface area (Å²) in [6.07, 6.45) is 0. The van der Waals surface area contributed by atoms with E-state index in [2.05, 4.69) is 9.97 Å². The van der Waals surface area contributed by atoms with Gasteiger partial charge in [-0.05, 0) is 44.5 Å². The predicted molar refractivity (Wildman–Crippen MR) is 109 cm³/mol. The number of halogens is 1. The maximum absolute atomic E-state index is 12.5.